The average Bonchev–Trinajstić information content (AvgIpc) is 2.85. The molecule has 0 radical (unpaired) electrons. The van der Waals surface area contributed by atoms with E-state index >= 15 is 0 Å². The predicted molar refractivity (Wildman–Crippen MR) is 71.0 cm³/mol. The van der Waals surface area contributed by atoms with E-state index < -0.39 is 11.8 Å². The van der Waals surface area contributed by atoms with Gasteiger partial charge in [0.2, 0.25) is 0 Å². The fourth-order valence-corrected chi connectivity index (χ4v) is 1.96. The molecule has 0 aromatic carbocycles. The molecule has 104 valence electrons. The van der Waals surface area contributed by atoms with Crippen LogP contribution in [0.5, 0.6) is 0 Å². The quantitative estimate of drug-likeness (QED) is 0.740. The van der Waals surface area contributed by atoms with Crippen LogP contribution in [0.15, 0.2) is 29.2 Å². The molecule has 2 aromatic heterocycles. The van der Waals surface area contributed by atoms with Crippen LogP contribution in [0.3, 0.4) is 0 Å². The largest absolute Gasteiger partial charge is 0.306 e. The van der Waals surface area contributed by atoms with Gasteiger partial charge in [-0.25, -0.2) is 0 Å². The van der Waals surface area contributed by atoms with Crippen molar-refractivity contribution in [1.29, 1.82) is 0 Å². The van der Waals surface area contributed by atoms with E-state index in [0.717, 1.165) is 11.5 Å². The number of nitrogens with zero attached hydrogens (tertiary/aromatic N) is 3. The fourth-order valence-electron chi connectivity index (χ4n) is 1.41. The Morgan fingerprint density at radius 3 is 2.80 bits per heavy atom. The van der Waals surface area contributed by atoms with Crippen LogP contribution < -0.4 is 16.4 Å². The van der Waals surface area contributed by atoms with E-state index in [2.05, 4.69) is 20.4 Å². The summed E-state index contributed by atoms with van der Waals surface area (Å²) in [5.74, 6) is -1.01. The van der Waals surface area contributed by atoms with Gasteiger partial charge in [0.05, 0.1) is 5.69 Å². The predicted octanol–water partition coefficient (Wildman–Crippen LogP) is -0.531. The van der Waals surface area contributed by atoms with E-state index in [4.69, 9.17) is 0 Å². The van der Waals surface area contributed by atoms with Crippen LogP contribution >= 0.6 is 11.5 Å². The molecule has 9 heteroatoms. The summed E-state index contributed by atoms with van der Waals surface area (Å²) in [6.07, 6.45) is 1.49. The molecule has 0 aliphatic rings. The number of hydrazine groups is 1. The standard InChI is InChI=1S/C11H11N5O3S/c1-7-10(20-15-12-7)11(19)14-13-8(17)6-16-5-3-2-4-9(16)18/h2-5H,6H2,1H3,(H,13,17)(H,14,19). The van der Waals surface area contributed by atoms with Gasteiger partial charge in [0, 0.05) is 12.3 Å². The topological polar surface area (TPSA) is 106 Å². The number of carbonyl (C=O) groups excluding carboxylic acids is 2. The van der Waals surface area contributed by atoms with Gasteiger partial charge in [0.1, 0.15) is 11.4 Å². The number of aryl methyl sites for hydroxylation is 1. The van der Waals surface area contributed by atoms with Gasteiger partial charge in [-0.2, -0.15) is 0 Å². The Kier molecular flexibility index (Phi) is 4.20. The number of pyridine rings is 1. The summed E-state index contributed by atoms with van der Waals surface area (Å²) < 4.78 is 4.85. The number of hydrogen-bond acceptors (Lipinski definition) is 6. The van der Waals surface area contributed by atoms with Crippen LogP contribution in [-0.2, 0) is 11.3 Å². The second-order valence-electron chi connectivity index (χ2n) is 3.86. The Labute approximate surface area is 117 Å². The van der Waals surface area contributed by atoms with Gasteiger partial charge in [-0.3, -0.25) is 25.2 Å². The lowest BCUT2D eigenvalue weighted by molar-refractivity contribution is -0.122. The van der Waals surface area contributed by atoms with Gasteiger partial charge in [-0.1, -0.05) is 10.6 Å². The minimum Gasteiger partial charge on any atom is -0.306 e. The molecule has 0 bridgehead atoms. The van der Waals surface area contributed by atoms with Gasteiger partial charge in [-0.05, 0) is 24.5 Å². The van der Waals surface area contributed by atoms with Crippen LogP contribution in [0.2, 0.25) is 0 Å². The van der Waals surface area contributed by atoms with Crippen molar-refractivity contribution in [3.8, 4) is 0 Å². The van der Waals surface area contributed by atoms with Crippen molar-refractivity contribution in [2.24, 2.45) is 0 Å². The Morgan fingerprint density at radius 2 is 2.15 bits per heavy atom. The highest BCUT2D eigenvalue weighted by molar-refractivity contribution is 7.07. The van der Waals surface area contributed by atoms with Crippen LogP contribution in [0, 0.1) is 6.92 Å². The number of rotatable bonds is 3. The molecule has 0 spiro atoms. The van der Waals surface area contributed by atoms with Crippen molar-refractivity contribution >= 4 is 23.3 Å². The molecule has 0 saturated heterocycles. The molecule has 0 aliphatic carbocycles. The summed E-state index contributed by atoms with van der Waals surface area (Å²) in [6, 6.07) is 4.57. The first-order chi connectivity index (χ1) is 9.58. The number of nitrogens with one attached hydrogen (secondary N) is 2. The lowest BCUT2D eigenvalue weighted by atomic mass is 10.4. The zero-order chi connectivity index (χ0) is 14.5. The van der Waals surface area contributed by atoms with Crippen molar-refractivity contribution in [1.82, 2.24) is 25.0 Å². The zero-order valence-electron chi connectivity index (χ0n) is 10.5. The van der Waals surface area contributed by atoms with Crippen LogP contribution in [-0.4, -0.2) is 26.0 Å². The molecule has 0 fully saturated rings. The third-order valence-electron chi connectivity index (χ3n) is 2.39. The summed E-state index contributed by atoms with van der Waals surface area (Å²) in [4.78, 5) is 35.0. The lowest BCUT2D eigenvalue weighted by Crippen LogP contribution is -2.44. The van der Waals surface area contributed by atoms with Crippen LogP contribution in [0.25, 0.3) is 0 Å². The molecule has 8 nitrogen and oxygen atoms in total. The number of carbonyl (C=O) groups is 2. The third kappa shape index (κ3) is 3.26. The maximum Gasteiger partial charge on any atom is 0.283 e. The van der Waals surface area contributed by atoms with E-state index in [-0.39, 0.29) is 12.1 Å². The Balaban J connectivity index is 1.90. The summed E-state index contributed by atoms with van der Waals surface area (Å²) in [7, 11) is 0. The maximum atomic E-state index is 11.7. The highest BCUT2D eigenvalue weighted by Crippen LogP contribution is 2.07. The number of amides is 2. The van der Waals surface area contributed by atoms with Crippen molar-refractivity contribution in [2.45, 2.75) is 13.5 Å². The molecule has 2 rings (SSSR count). The number of hydrogen-bond donors (Lipinski definition) is 2. The molecule has 0 unspecified atom stereocenters. The van der Waals surface area contributed by atoms with Crippen LogP contribution in [0.4, 0.5) is 0 Å². The van der Waals surface area contributed by atoms with Crippen LogP contribution in [0.1, 0.15) is 15.4 Å². The Morgan fingerprint density at radius 1 is 1.35 bits per heavy atom. The maximum absolute atomic E-state index is 11.7. The van der Waals surface area contributed by atoms with Gasteiger partial charge in [-0.15, -0.1) is 5.10 Å². The molecule has 2 amide bonds. The summed E-state index contributed by atoms with van der Waals surface area (Å²) in [6.45, 7) is 1.46. The van der Waals surface area contributed by atoms with Gasteiger partial charge < -0.3 is 4.57 Å². The van der Waals surface area contributed by atoms with E-state index in [9.17, 15) is 14.4 Å². The van der Waals surface area contributed by atoms with E-state index in [0.29, 0.717) is 10.6 Å². The van der Waals surface area contributed by atoms with Crippen molar-refractivity contribution in [3.05, 3.63) is 45.3 Å². The first kappa shape index (κ1) is 13.9. The van der Waals surface area contributed by atoms with Gasteiger partial charge in [0.25, 0.3) is 17.4 Å². The molecular weight excluding hydrogens is 282 g/mol. The fraction of sp³-hybridized carbons (Fsp3) is 0.182. The normalized spacial score (nSPS) is 10.1. The van der Waals surface area contributed by atoms with Crippen molar-refractivity contribution in [2.75, 3.05) is 0 Å². The molecule has 0 aliphatic heterocycles. The summed E-state index contributed by atoms with van der Waals surface area (Å²) in [5, 5.41) is 3.69. The highest BCUT2D eigenvalue weighted by Gasteiger charge is 2.13. The minimum atomic E-state index is -0.512. The lowest BCUT2D eigenvalue weighted by Gasteiger charge is -2.07. The summed E-state index contributed by atoms with van der Waals surface area (Å²) >= 11 is 0.936. The molecule has 20 heavy (non-hydrogen) atoms. The first-order valence-corrected chi connectivity index (χ1v) is 6.39. The molecule has 2 N–H and O–H groups in total. The van der Waals surface area contributed by atoms with Crippen molar-refractivity contribution < 1.29 is 9.59 Å². The zero-order valence-corrected chi connectivity index (χ0v) is 11.3. The van der Waals surface area contributed by atoms with Gasteiger partial charge >= 0.3 is 0 Å². The Bertz CT molecular complexity index is 693. The second-order valence-corrected chi connectivity index (χ2v) is 4.61. The van der Waals surface area contributed by atoms with E-state index in [1.807, 2.05) is 0 Å². The average molecular weight is 293 g/mol. The third-order valence-corrected chi connectivity index (χ3v) is 3.21. The monoisotopic (exact) mass is 293 g/mol. The molecular formula is C11H11N5O3S. The van der Waals surface area contributed by atoms with E-state index in [1.165, 1.54) is 16.8 Å². The SMILES string of the molecule is Cc1nnsc1C(=O)NNC(=O)Cn1ccccc1=O. The van der Waals surface area contributed by atoms with E-state index in [1.54, 1.807) is 19.1 Å². The van der Waals surface area contributed by atoms with Crippen molar-refractivity contribution in [3.63, 3.8) is 0 Å². The molecule has 0 atom stereocenters. The van der Waals surface area contributed by atoms with Gasteiger partial charge in [0.15, 0.2) is 0 Å². The molecule has 2 heterocycles. The first-order valence-electron chi connectivity index (χ1n) is 5.61. The highest BCUT2D eigenvalue weighted by atomic mass is 32.1. The molecule has 0 saturated carbocycles. The second kappa shape index (κ2) is 6.06. The molecule has 2 aromatic rings. The summed E-state index contributed by atoms with van der Waals surface area (Å²) in [5.41, 5.74) is 4.66. The number of aromatic nitrogens is 3. The Hall–Kier alpha value is -2.55. The smallest absolute Gasteiger partial charge is 0.283 e. The minimum absolute atomic E-state index is 0.181.